The van der Waals surface area contributed by atoms with Crippen LogP contribution in [0.4, 0.5) is 10.8 Å². The Balaban J connectivity index is 1.73. The predicted octanol–water partition coefficient (Wildman–Crippen LogP) is 1.93. The molecule has 2 aromatic rings. The molecule has 3 rings (SSSR count). The van der Waals surface area contributed by atoms with E-state index in [2.05, 4.69) is 20.0 Å². The summed E-state index contributed by atoms with van der Waals surface area (Å²) >= 11 is 1.21. The molecule has 0 aromatic carbocycles. The maximum Gasteiger partial charge on any atom is 0.258 e. The summed E-state index contributed by atoms with van der Waals surface area (Å²) in [6.07, 6.45) is 5.66. The van der Waals surface area contributed by atoms with Gasteiger partial charge < -0.3 is 16.4 Å². The fourth-order valence-corrected chi connectivity index (χ4v) is 2.69. The number of rotatable bonds is 5. The molecule has 110 valence electrons. The van der Waals surface area contributed by atoms with Crippen molar-refractivity contribution in [2.45, 2.75) is 32.4 Å². The first-order valence-corrected chi connectivity index (χ1v) is 7.62. The molecule has 7 heteroatoms. The van der Waals surface area contributed by atoms with Crippen molar-refractivity contribution in [1.29, 1.82) is 0 Å². The zero-order valence-corrected chi connectivity index (χ0v) is 12.5. The van der Waals surface area contributed by atoms with Gasteiger partial charge in [0.15, 0.2) is 5.82 Å². The highest BCUT2D eigenvalue weighted by Crippen LogP contribution is 2.29. The summed E-state index contributed by atoms with van der Waals surface area (Å²) in [5, 5.41) is 6.89. The largest absolute Gasteiger partial charge is 0.382 e. The van der Waals surface area contributed by atoms with E-state index >= 15 is 0 Å². The lowest BCUT2D eigenvalue weighted by Gasteiger charge is -2.09. The van der Waals surface area contributed by atoms with Gasteiger partial charge in [-0.05, 0) is 48.5 Å². The minimum atomic E-state index is -0.144. The molecular formula is C14H17N5OS. The molecule has 1 aliphatic rings. The van der Waals surface area contributed by atoms with Crippen molar-refractivity contribution in [3.8, 4) is 0 Å². The lowest BCUT2D eigenvalue weighted by atomic mass is 10.1. The molecule has 1 saturated carbocycles. The van der Waals surface area contributed by atoms with E-state index in [0.717, 1.165) is 24.0 Å². The van der Waals surface area contributed by atoms with Gasteiger partial charge in [0.1, 0.15) is 10.6 Å². The summed E-state index contributed by atoms with van der Waals surface area (Å²) < 4.78 is 4.08. The van der Waals surface area contributed by atoms with Gasteiger partial charge in [0.25, 0.3) is 5.91 Å². The lowest BCUT2D eigenvalue weighted by molar-refractivity contribution is 0.0953. The maximum absolute atomic E-state index is 12.2. The van der Waals surface area contributed by atoms with Gasteiger partial charge in [-0.25, -0.2) is 0 Å². The van der Waals surface area contributed by atoms with Crippen molar-refractivity contribution < 1.29 is 4.79 Å². The topological polar surface area (TPSA) is 92.9 Å². The third kappa shape index (κ3) is 3.13. The van der Waals surface area contributed by atoms with Crippen LogP contribution >= 0.6 is 11.5 Å². The molecule has 0 radical (unpaired) electrons. The van der Waals surface area contributed by atoms with E-state index in [1.165, 1.54) is 11.5 Å². The van der Waals surface area contributed by atoms with E-state index in [1.54, 1.807) is 6.20 Å². The third-order valence-electron chi connectivity index (χ3n) is 3.44. The highest BCUT2D eigenvalue weighted by atomic mass is 32.1. The molecule has 0 aliphatic heterocycles. The molecule has 1 amide bonds. The van der Waals surface area contributed by atoms with Gasteiger partial charge in [-0.2, -0.15) is 4.37 Å². The number of pyridine rings is 1. The van der Waals surface area contributed by atoms with Crippen LogP contribution in [0.1, 0.15) is 34.3 Å². The van der Waals surface area contributed by atoms with Crippen molar-refractivity contribution in [1.82, 2.24) is 14.7 Å². The van der Waals surface area contributed by atoms with Gasteiger partial charge >= 0.3 is 0 Å². The number of nitrogen functional groups attached to an aromatic ring is 1. The van der Waals surface area contributed by atoms with Crippen molar-refractivity contribution in [2.24, 2.45) is 0 Å². The molecule has 2 aromatic heterocycles. The second-order valence-corrected chi connectivity index (χ2v) is 5.95. The van der Waals surface area contributed by atoms with E-state index in [-0.39, 0.29) is 11.7 Å². The van der Waals surface area contributed by atoms with Crippen LogP contribution in [0.3, 0.4) is 0 Å². The van der Waals surface area contributed by atoms with E-state index in [9.17, 15) is 4.79 Å². The number of aromatic nitrogens is 2. The number of carbonyl (C=O) groups is 1. The smallest absolute Gasteiger partial charge is 0.258 e. The maximum atomic E-state index is 12.2. The molecule has 21 heavy (non-hydrogen) atoms. The number of anilines is 2. The van der Waals surface area contributed by atoms with E-state index in [1.807, 2.05) is 19.2 Å². The third-order valence-corrected chi connectivity index (χ3v) is 4.26. The van der Waals surface area contributed by atoms with Crippen LogP contribution in [0, 0.1) is 6.92 Å². The quantitative estimate of drug-likeness (QED) is 0.785. The molecular weight excluding hydrogens is 286 g/mol. The van der Waals surface area contributed by atoms with Crippen LogP contribution in [0.15, 0.2) is 18.5 Å². The average molecular weight is 303 g/mol. The van der Waals surface area contributed by atoms with Gasteiger partial charge in [0.05, 0.1) is 0 Å². The Bertz CT molecular complexity index is 665. The molecule has 0 bridgehead atoms. The fourth-order valence-electron chi connectivity index (χ4n) is 1.99. The predicted molar refractivity (Wildman–Crippen MR) is 83.3 cm³/mol. The van der Waals surface area contributed by atoms with Crippen LogP contribution in [-0.2, 0) is 6.54 Å². The number of nitrogens with zero attached hydrogens (tertiary/aromatic N) is 2. The zero-order chi connectivity index (χ0) is 14.8. The summed E-state index contributed by atoms with van der Waals surface area (Å²) in [6.45, 7) is 2.62. The highest BCUT2D eigenvalue weighted by molar-refractivity contribution is 7.11. The first kappa shape index (κ1) is 13.8. The second kappa shape index (κ2) is 5.69. The van der Waals surface area contributed by atoms with Crippen LogP contribution in [0.5, 0.6) is 0 Å². The van der Waals surface area contributed by atoms with Crippen LogP contribution in [0.2, 0.25) is 0 Å². The molecule has 0 saturated heterocycles. The molecule has 1 aliphatic carbocycles. The standard InChI is InChI=1S/C14H17N5OS/c1-8-4-5-16-6-9(8)7-17-14-11(12(15)19-21-14)13(20)18-10-2-3-10/h4-6,10,17H,2-3,7H2,1H3,(H2,15,19)(H,18,20). The second-order valence-electron chi connectivity index (χ2n) is 5.18. The minimum Gasteiger partial charge on any atom is -0.382 e. The summed E-state index contributed by atoms with van der Waals surface area (Å²) in [7, 11) is 0. The number of amides is 1. The first-order valence-electron chi connectivity index (χ1n) is 6.84. The molecule has 2 heterocycles. The number of aryl methyl sites for hydroxylation is 1. The number of nitrogens with two attached hydrogens (primary N) is 1. The van der Waals surface area contributed by atoms with Gasteiger partial charge in [-0.3, -0.25) is 9.78 Å². The van der Waals surface area contributed by atoms with E-state index in [4.69, 9.17) is 5.73 Å². The molecule has 4 N–H and O–H groups in total. The first-order chi connectivity index (χ1) is 10.1. The Hall–Kier alpha value is -2.15. The number of carbonyl (C=O) groups excluding carboxylic acids is 1. The Kier molecular flexibility index (Phi) is 3.74. The molecule has 0 unspecified atom stereocenters. The number of nitrogens with one attached hydrogen (secondary N) is 2. The van der Waals surface area contributed by atoms with E-state index in [0.29, 0.717) is 23.2 Å². The zero-order valence-electron chi connectivity index (χ0n) is 11.7. The summed E-state index contributed by atoms with van der Waals surface area (Å²) in [5.41, 5.74) is 8.51. The van der Waals surface area contributed by atoms with Gasteiger partial charge in [0, 0.05) is 25.0 Å². The Morgan fingerprint density at radius 3 is 3.05 bits per heavy atom. The minimum absolute atomic E-state index is 0.144. The van der Waals surface area contributed by atoms with Crippen LogP contribution < -0.4 is 16.4 Å². The lowest BCUT2D eigenvalue weighted by Crippen LogP contribution is -2.26. The normalized spacial score (nSPS) is 14.0. The number of hydrogen-bond donors (Lipinski definition) is 3. The molecule has 0 spiro atoms. The Morgan fingerprint density at radius 1 is 1.52 bits per heavy atom. The van der Waals surface area contributed by atoms with Gasteiger partial charge in [-0.15, -0.1) is 0 Å². The molecule has 0 atom stereocenters. The molecule has 1 fully saturated rings. The summed E-state index contributed by atoms with van der Waals surface area (Å²) in [5.74, 6) is 0.137. The van der Waals surface area contributed by atoms with Gasteiger partial charge in [-0.1, -0.05) is 0 Å². The Labute approximate surface area is 126 Å². The SMILES string of the molecule is Cc1ccncc1CNc1snc(N)c1C(=O)NC1CC1. The summed E-state index contributed by atoms with van der Waals surface area (Å²) in [4.78, 5) is 16.3. The fraction of sp³-hybridized carbons (Fsp3) is 0.357. The van der Waals surface area contributed by atoms with Crippen molar-refractivity contribution in [3.05, 3.63) is 35.2 Å². The van der Waals surface area contributed by atoms with Crippen LogP contribution in [0.25, 0.3) is 0 Å². The van der Waals surface area contributed by atoms with Gasteiger partial charge in [0.2, 0.25) is 0 Å². The van der Waals surface area contributed by atoms with Crippen molar-refractivity contribution in [2.75, 3.05) is 11.1 Å². The molecule has 6 nitrogen and oxygen atoms in total. The highest BCUT2D eigenvalue weighted by Gasteiger charge is 2.27. The van der Waals surface area contributed by atoms with Crippen molar-refractivity contribution >= 4 is 28.3 Å². The Morgan fingerprint density at radius 2 is 2.33 bits per heavy atom. The average Bonchev–Trinajstić information content (AvgIpc) is 3.19. The van der Waals surface area contributed by atoms with Crippen LogP contribution in [-0.4, -0.2) is 21.3 Å². The van der Waals surface area contributed by atoms with Crippen molar-refractivity contribution in [3.63, 3.8) is 0 Å². The number of hydrogen-bond acceptors (Lipinski definition) is 6. The van der Waals surface area contributed by atoms with E-state index < -0.39 is 0 Å². The monoisotopic (exact) mass is 303 g/mol. The summed E-state index contributed by atoms with van der Waals surface area (Å²) in [6, 6.07) is 2.25.